The molecule has 1 N–H and O–H groups in total. The van der Waals surface area contributed by atoms with Crippen molar-refractivity contribution in [1.82, 2.24) is 15.4 Å². The fourth-order valence-corrected chi connectivity index (χ4v) is 3.09. The molecule has 0 aromatic carbocycles. The molecule has 0 aliphatic carbocycles. The number of rotatable bonds is 4. The third-order valence-electron chi connectivity index (χ3n) is 2.85. The van der Waals surface area contributed by atoms with Gasteiger partial charge in [-0.25, -0.2) is 15.4 Å². The van der Waals surface area contributed by atoms with E-state index in [2.05, 4.69) is 15.4 Å². The van der Waals surface area contributed by atoms with Gasteiger partial charge in [-0.3, -0.25) is 9.63 Å². The average Bonchev–Trinajstić information content (AvgIpc) is 2.73. The molecule has 0 bridgehead atoms. The Labute approximate surface area is 116 Å². The summed E-state index contributed by atoms with van der Waals surface area (Å²) in [6.07, 6.45) is 0.786. The summed E-state index contributed by atoms with van der Waals surface area (Å²) in [5.74, 6) is 0.586. The van der Waals surface area contributed by atoms with E-state index in [0.717, 1.165) is 33.7 Å². The van der Waals surface area contributed by atoms with Gasteiger partial charge in [-0.05, 0) is 26.3 Å². The molecule has 2 aromatic rings. The molecule has 19 heavy (non-hydrogen) atoms. The molecule has 2 aromatic heterocycles. The van der Waals surface area contributed by atoms with Crippen LogP contribution >= 0.6 is 11.3 Å². The van der Waals surface area contributed by atoms with Gasteiger partial charge in [0.1, 0.15) is 10.7 Å². The van der Waals surface area contributed by atoms with Gasteiger partial charge in [-0.1, -0.05) is 6.92 Å². The zero-order valence-electron chi connectivity index (χ0n) is 11.5. The van der Waals surface area contributed by atoms with Crippen molar-refractivity contribution in [1.29, 1.82) is 0 Å². The molecular formula is C13H17N3O2S. The monoisotopic (exact) mass is 279 g/mol. The molecule has 1 amide bonds. The minimum atomic E-state index is -0.222. The van der Waals surface area contributed by atoms with Crippen molar-refractivity contribution in [3.63, 3.8) is 0 Å². The molecule has 0 spiro atoms. The number of aromatic nitrogens is 2. The molecule has 0 radical (unpaired) electrons. The van der Waals surface area contributed by atoms with Gasteiger partial charge in [-0.15, -0.1) is 11.3 Å². The summed E-state index contributed by atoms with van der Waals surface area (Å²) in [6.45, 7) is 8.15. The molecular weight excluding hydrogens is 262 g/mol. The topological polar surface area (TPSA) is 64.1 Å². The molecule has 6 heteroatoms. The lowest BCUT2D eigenvalue weighted by Gasteiger charge is -2.02. The lowest BCUT2D eigenvalue weighted by atomic mass is 10.1. The first-order valence-corrected chi connectivity index (χ1v) is 7.08. The van der Waals surface area contributed by atoms with Crippen LogP contribution in [0.1, 0.15) is 40.6 Å². The maximum absolute atomic E-state index is 12.0. The second-order valence-electron chi connectivity index (χ2n) is 4.18. The normalized spacial score (nSPS) is 10.9. The van der Waals surface area contributed by atoms with E-state index in [1.807, 2.05) is 27.7 Å². The van der Waals surface area contributed by atoms with Crippen molar-refractivity contribution in [2.75, 3.05) is 6.61 Å². The van der Waals surface area contributed by atoms with Crippen LogP contribution in [0.4, 0.5) is 0 Å². The molecule has 2 rings (SSSR count). The Bertz CT molecular complexity index is 622. The first kappa shape index (κ1) is 13.9. The summed E-state index contributed by atoms with van der Waals surface area (Å²) in [7, 11) is 0. The molecule has 0 atom stereocenters. The van der Waals surface area contributed by atoms with E-state index >= 15 is 0 Å². The predicted molar refractivity (Wildman–Crippen MR) is 75.4 cm³/mol. The van der Waals surface area contributed by atoms with E-state index in [-0.39, 0.29) is 5.91 Å². The van der Waals surface area contributed by atoms with Crippen molar-refractivity contribution in [2.45, 2.75) is 34.1 Å². The standard InChI is InChI=1S/C13H17N3O2S/c1-5-9-14-8(4)10-7(3)11(19-13(10)15-9)12(17)16-18-6-2/h5-6H2,1-4H3,(H,16,17). The fourth-order valence-electron chi connectivity index (χ4n) is 1.95. The minimum absolute atomic E-state index is 0.222. The van der Waals surface area contributed by atoms with Crippen LogP contribution in [0, 0.1) is 13.8 Å². The van der Waals surface area contributed by atoms with Gasteiger partial charge in [0.15, 0.2) is 0 Å². The highest BCUT2D eigenvalue weighted by atomic mass is 32.1. The summed E-state index contributed by atoms with van der Waals surface area (Å²) < 4.78 is 0. The SMILES string of the molecule is CCONC(=O)c1sc2nc(CC)nc(C)c2c1C. The zero-order chi connectivity index (χ0) is 14.0. The molecule has 0 aliphatic heterocycles. The van der Waals surface area contributed by atoms with Crippen LogP contribution in [0.3, 0.4) is 0 Å². The molecule has 0 saturated carbocycles. The first-order chi connectivity index (χ1) is 9.08. The Balaban J connectivity index is 2.50. The first-order valence-electron chi connectivity index (χ1n) is 6.27. The zero-order valence-corrected chi connectivity index (χ0v) is 12.3. The lowest BCUT2D eigenvalue weighted by Crippen LogP contribution is -2.23. The van der Waals surface area contributed by atoms with Gasteiger partial charge >= 0.3 is 0 Å². The Hall–Kier alpha value is -1.53. The maximum atomic E-state index is 12.0. The fraction of sp³-hybridized carbons (Fsp3) is 0.462. The predicted octanol–water partition coefficient (Wildman–Crippen LogP) is 2.55. The Morgan fingerprint density at radius 3 is 2.68 bits per heavy atom. The van der Waals surface area contributed by atoms with Crippen LogP contribution in [0.2, 0.25) is 0 Å². The van der Waals surface area contributed by atoms with Crippen molar-refractivity contribution in [3.8, 4) is 0 Å². The average molecular weight is 279 g/mol. The van der Waals surface area contributed by atoms with Gasteiger partial charge in [0.05, 0.1) is 11.5 Å². The van der Waals surface area contributed by atoms with Crippen molar-refractivity contribution >= 4 is 27.5 Å². The number of fused-ring (bicyclic) bond motifs is 1. The van der Waals surface area contributed by atoms with Crippen molar-refractivity contribution in [3.05, 3.63) is 22.0 Å². The van der Waals surface area contributed by atoms with E-state index in [1.165, 1.54) is 11.3 Å². The molecule has 102 valence electrons. The summed E-state index contributed by atoms with van der Waals surface area (Å²) >= 11 is 1.38. The highest BCUT2D eigenvalue weighted by molar-refractivity contribution is 7.20. The second kappa shape index (κ2) is 5.63. The Morgan fingerprint density at radius 2 is 2.05 bits per heavy atom. The molecule has 2 heterocycles. The van der Waals surface area contributed by atoms with E-state index in [9.17, 15) is 4.79 Å². The lowest BCUT2D eigenvalue weighted by molar-refractivity contribution is 0.0368. The third kappa shape index (κ3) is 2.59. The van der Waals surface area contributed by atoms with Gasteiger partial charge in [-0.2, -0.15) is 0 Å². The van der Waals surface area contributed by atoms with E-state index < -0.39 is 0 Å². The number of hydrogen-bond acceptors (Lipinski definition) is 5. The second-order valence-corrected chi connectivity index (χ2v) is 5.18. The van der Waals surface area contributed by atoms with Crippen LogP contribution in [0.5, 0.6) is 0 Å². The number of amides is 1. The molecule has 5 nitrogen and oxygen atoms in total. The summed E-state index contributed by atoms with van der Waals surface area (Å²) in [4.78, 5) is 27.4. The molecule has 0 aliphatic rings. The number of nitrogens with zero attached hydrogens (tertiary/aromatic N) is 2. The highest BCUT2D eigenvalue weighted by Gasteiger charge is 2.18. The van der Waals surface area contributed by atoms with E-state index in [4.69, 9.17) is 4.84 Å². The summed E-state index contributed by atoms with van der Waals surface area (Å²) in [5.41, 5.74) is 4.26. The van der Waals surface area contributed by atoms with Gasteiger partial charge < -0.3 is 0 Å². The highest BCUT2D eigenvalue weighted by Crippen LogP contribution is 2.31. The maximum Gasteiger partial charge on any atom is 0.285 e. The van der Waals surface area contributed by atoms with Crippen LogP contribution < -0.4 is 5.48 Å². The van der Waals surface area contributed by atoms with Crippen molar-refractivity contribution in [2.24, 2.45) is 0 Å². The summed E-state index contributed by atoms with van der Waals surface area (Å²) in [6, 6.07) is 0. The number of hydrogen-bond donors (Lipinski definition) is 1. The van der Waals surface area contributed by atoms with Gasteiger partial charge in [0.25, 0.3) is 5.91 Å². The van der Waals surface area contributed by atoms with Crippen LogP contribution in [0.25, 0.3) is 10.2 Å². The van der Waals surface area contributed by atoms with E-state index in [1.54, 1.807) is 0 Å². The quantitative estimate of drug-likeness (QED) is 0.874. The summed E-state index contributed by atoms with van der Waals surface area (Å²) in [5, 5.41) is 0.976. The van der Waals surface area contributed by atoms with Gasteiger partial charge in [0.2, 0.25) is 0 Å². The molecule has 0 saturated heterocycles. The molecule has 0 fully saturated rings. The smallest absolute Gasteiger partial charge is 0.274 e. The van der Waals surface area contributed by atoms with Crippen LogP contribution in [-0.2, 0) is 11.3 Å². The number of thiophene rings is 1. The van der Waals surface area contributed by atoms with Gasteiger partial charge in [0, 0.05) is 17.5 Å². The van der Waals surface area contributed by atoms with Crippen LogP contribution in [0.15, 0.2) is 0 Å². The number of carbonyl (C=O) groups is 1. The minimum Gasteiger partial charge on any atom is -0.274 e. The van der Waals surface area contributed by atoms with Crippen molar-refractivity contribution < 1.29 is 9.63 Å². The number of hydroxylamine groups is 1. The Kier molecular flexibility index (Phi) is 4.11. The third-order valence-corrected chi connectivity index (χ3v) is 4.03. The molecule has 0 unspecified atom stereocenters. The largest absolute Gasteiger partial charge is 0.285 e. The van der Waals surface area contributed by atoms with E-state index in [0.29, 0.717) is 11.5 Å². The van der Waals surface area contributed by atoms with Crippen LogP contribution in [-0.4, -0.2) is 22.5 Å². The number of carbonyl (C=O) groups excluding carboxylic acids is 1. The number of nitrogens with one attached hydrogen (secondary N) is 1. The Morgan fingerprint density at radius 1 is 1.32 bits per heavy atom. The number of aryl methyl sites for hydroxylation is 3.